The normalized spacial score (nSPS) is 12.6. The molecule has 0 heterocycles. The molecule has 0 aromatic heterocycles. The number of amides is 1. The second-order valence-corrected chi connectivity index (χ2v) is 3.11. The van der Waals surface area contributed by atoms with E-state index in [0.29, 0.717) is 0 Å². The van der Waals surface area contributed by atoms with Crippen LogP contribution in [0.3, 0.4) is 0 Å². The Bertz CT molecular complexity index is 124. The predicted molar refractivity (Wildman–Crippen MR) is 48.8 cm³/mol. The van der Waals surface area contributed by atoms with E-state index in [1.54, 1.807) is 6.92 Å². The summed E-state index contributed by atoms with van der Waals surface area (Å²) in [6.45, 7) is 4.47. The lowest BCUT2D eigenvalue weighted by Crippen LogP contribution is -2.27. The third-order valence-corrected chi connectivity index (χ3v) is 1.58. The van der Waals surface area contributed by atoms with Gasteiger partial charge in [0.2, 0.25) is 5.91 Å². The fraction of sp³-hybridized carbons (Fsp3) is 0.889. The number of hydrogen-bond acceptors (Lipinski definition) is 2. The number of aliphatic hydroxyl groups is 1. The molecule has 1 unspecified atom stereocenters. The van der Waals surface area contributed by atoms with E-state index in [9.17, 15) is 4.79 Å². The van der Waals surface area contributed by atoms with E-state index < -0.39 is 6.10 Å². The molecule has 72 valence electrons. The predicted octanol–water partition coefficient (Wildman–Crippen LogP) is 1.06. The lowest BCUT2D eigenvalue weighted by molar-refractivity contribution is -0.122. The van der Waals surface area contributed by atoms with Gasteiger partial charge in [0.05, 0.1) is 12.5 Å². The van der Waals surface area contributed by atoms with Gasteiger partial charge in [0, 0.05) is 6.54 Å². The zero-order chi connectivity index (χ0) is 9.40. The molecule has 0 saturated carbocycles. The number of unbranched alkanes of at least 4 members (excludes halogenated alkanes) is 2. The molecule has 1 atom stereocenters. The van der Waals surface area contributed by atoms with Crippen LogP contribution in [-0.4, -0.2) is 23.7 Å². The molecule has 0 radical (unpaired) electrons. The summed E-state index contributed by atoms with van der Waals surface area (Å²) in [6.07, 6.45) is 3.02. The molecule has 0 saturated heterocycles. The topological polar surface area (TPSA) is 49.3 Å². The van der Waals surface area contributed by atoms with Gasteiger partial charge in [-0.15, -0.1) is 0 Å². The van der Waals surface area contributed by atoms with E-state index in [1.807, 2.05) is 0 Å². The Morgan fingerprint density at radius 3 is 2.67 bits per heavy atom. The molecule has 0 fully saturated rings. The van der Waals surface area contributed by atoms with Gasteiger partial charge < -0.3 is 10.4 Å². The number of rotatable bonds is 6. The highest BCUT2D eigenvalue weighted by Gasteiger charge is 2.03. The molecular weight excluding hydrogens is 154 g/mol. The van der Waals surface area contributed by atoms with E-state index >= 15 is 0 Å². The third kappa shape index (κ3) is 7.54. The third-order valence-electron chi connectivity index (χ3n) is 1.58. The van der Waals surface area contributed by atoms with Gasteiger partial charge in [0.25, 0.3) is 0 Å². The van der Waals surface area contributed by atoms with E-state index in [-0.39, 0.29) is 12.3 Å². The molecule has 3 heteroatoms. The molecule has 0 spiro atoms. The Labute approximate surface area is 74.2 Å². The summed E-state index contributed by atoms with van der Waals surface area (Å²) >= 11 is 0. The molecule has 0 aliphatic carbocycles. The smallest absolute Gasteiger partial charge is 0.222 e. The number of aliphatic hydroxyl groups excluding tert-OH is 1. The van der Waals surface area contributed by atoms with Crippen molar-refractivity contribution in [2.75, 3.05) is 6.54 Å². The highest BCUT2D eigenvalue weighted by atomic mass is 16.3. The molecule has 0 aliphatic heterocycles. The van der Waals surface area contributed by atoms with E-state index in [0.717, 1.165) is 25.8 Å². The number of hydrogen-bond donors (Lipinski definition) is 2. The first-order chi connectivity index (χ1) is 5.66. The zero-order valence-corrected chi connectivity index (χ0v) is 7.97. The summed E-state index contributed by atoms with van der Waals surface area (Å²) in [5, 5.41) is 11.6. The van der Waals surface area contributed by atoms with Gasteiger partial charge in [-0.05, 0) is 13.3 Å². The van der Waals surface area contributed by atoms with Gasteiger partial charge in [-0.1, -0.05) is 19.8 Å². The van der Waals surface area contributed by atoms with Gasteiger partial charge in [-0.3, -0.25) is 4.79 Å². The van der Waals surface area contributed by atoms with E-state index in [2.05, 4.69) is 12.2 Å². The quantitative estimate of drug-likeness (QED) is 0.590. The van der Waals surface area contributed by atoms with Crippen LogP contribution in [0.4, 0.5) is 0 Å². The molecule has 1 amide bonds. The van der Waals surface area contributed by atoms with Crippen molar-refractivity contribution in [1.82, 2.24) is 5.32 Å². The van der Waals surface area contributed by atoms with Crippen molar-refractivity contribution in [1.29, 1.82) is 0 Å². The summed E-state index contributed by atoms with van der Waals surface area (Å²) in [5.74, 6) is -0.0545. The monoisotopic (exact) mass is 173 g/mol. The molecule has 0 aliphatic rings. The van der Waals surface area contributed by atoms with Crippen molar-refractivity contribution in [3.63, 3.8) is 0 Å². The Morgan fingerprint density at radius 2 is 2.17 bits per heavy atom. The minimum atomic E-state index is -0.531. The summed E-state index contributed by atoms with van der Waals surface area (Å²) in [7, 11) is 0. The summed E-state index contributed by atoms with van der Waals surface area (Å²) < 4.78 is 0. The maximum absolute atomic E-state index is 10.9. The second-order valence-electron chi connectivity index (χ2n) is 3.11. The second kappa shape index (κ2) is 7.10. The largest absolute Gasteiger partial charge is 0.393 e. The van der Waals surface area contributed by atoms with Crippen molar-refractivity contribution in [2.45, 2.75) is 45.6 Å². The number of carbonyl (C=O) groups is 1. The van der Waals surface area contributed by atoms with Crippen LogP contribution in [0.15, 0.2) is 0 Å². The van der Waals surface area contributed by atoms with Gasteiger partial charge in [0.15, 0.2) is 0 Å². The lowest BCUT2D eigenvalue weighted by atomic mass is 10.2. The molecule has 2 N–H and O–H groups in total. The van der Waals surface area contributed by atoms with Gasteiger partial charge in [-0.25, -0.2) is 0 Å². The Morgan fingerprint density at radius 1 is 1.50 bits per heavy atom. The van der Waals surface area contributed by atoms with Crippen molar-refractivity contribution < 1.29 is 9.90 Å². The zero-order valence-electron chi connectivity index (χ0n) is 7.97. The summed E-state index contributed by atoms with van der Waals surface area (Å²) in [5.41, 5.74) is 0. The van der Waals surface area contributed by atoms with Gasteiger partial charge >= 0.3 is 0 Å². The average Bonchev–Trinajstić information content (AvgIpc) is 1.97. The Balaban J connectivity index is 3.20. The van der Waals surface area contributed by atoms with Crippen LogP contribution < -0.4 is 5.32 Å². The van der Waals surface area contributed by atoms with Crippen LogP contribution in [0.1, 0.15) is 39.5 Å². The SMILES string of the molecule is CCCCCNC(=O)CC(C)O. The maximum atomic E-state index is 10.9. The standard InChI is InChI=1S/C9H19NO2/c1-3-4-5-6-10-9(12)7-8(2)11/h8,11H,3-7H2,1-2H3,(H,10,12). The minimum absolute atomic E-state index is 0.0545. The Kier molecular flexibility index (Phi) is 6.76. The first-order valence-electron chi connectivity index (χ1n) is 4.61. The number of carbonyl (C=O) groups excluding carboxylic acids is 1. The molecule has 0 rings (SSSR count). The summed E-state index contributed by atoms with van der Waals surface area (Å²) in [6, 6.07) is 0. The molecule has 0 bridgehead atoms. The van der Waals surface area contributed by atoms with Gasteiger partial charge in [-0.2, -0.15) is 0 Å². The molecule has 12 heavy (non-hydrogen) atoms. The van der Waals surface area contributed by atoms with Crippen LogP contribution in [0.5, 0.6) is 0 Å². The highest BCUT2D eigenvalue weighted by molar-refractivity contribution is 5.76. The lowest BCUT2D eigenvalue weighted by Gasteiger charge is -2.05. The van der Waals surface area contributed by atoms with Gasteiger partial charge in [0.1, 0.15) is 0 Å². The molecule has 3 nitrogen and oxygen atoms in total. The first-order valence-corrected chi connectivity index (χ1v) is 4.61. The molecular formula is C9H19NO2. The van der Waals surface area contributed by atoms with Crippen LogP contribution in [0.2, 0.25) is 0 Å². The maximum Gasteiger partial charge on any atom is 0.222 e. The van der Waals surface area contributed by atoms with Crippen molar-refractivity contribution in [2.24, 2.45) is 0 Å². The van der Waals surface area contributed by atoms with Crippen LogP contribution in [0, 0.1) is 0 Å². The van der Waals surface area contributed by atoms with Crippen LogP contribution in [-0.2, 0) is 4.79 Å². The fourth-order valence-electron chi connectivity index (χ4n) is 0.943. The Hall–Kier alpha value is -0.570. The van der Waals surface area contributed by atoms with E-state index in [4.69, 9.17) is 5.11 Å². The first kappa shape index (κ1) is 11.4. The van der Waals surface area contributed by atoms with Crippen LogP contribution >= 0.6 is 0 Å². The van der Waals surface area contributed by atoms with Crippen molar-refractivity contribution in [3.05, 3.63) is 0 Å². The highest BCUT2D eigenvalue weighted by Crippen LogP contribution is 1.92. The summed E-state index contributed by atoms with van der Waals surface area (Å²) in [4.78, 5) is 10.9. The minimum Gasteiger partial charge on any atom is -0.393 e. The molecule has 0 aromatic rings. The van der Waals surface area contributed by atoms with Crippen molar-refractivity contribution in [3.8, 4) is 0 Å². The average molecular weight is 173 g/mol. The van der Waals surface area contributed by atoms with E-state index in [1.165, 1.54) is 0 Å². The van der Waals surface area contributed by atoms with Crippen molar-refractivity contribution >= 4 is 5.91 Å². The fourth-order valence-corrected chi connectivity index (χ4v) is 0.943. The molecule has 0 aromatic carbocycles. The number of nitrogens with one attached hydrogen (secondary N) is 1. The van der Waals surface area contributed by atoms with Crippen LogP contribution in [0.25, 0.3) is 0 Å².